The number of nitrogens with two attached hydrogens (primary N) is 1. The van der Waals surface area contributed by atoms with E-state index in [1.165, 1.54) is 0 Å². The van der Waals surface area contributed by atoms with Gasteiger partial charge in [0, 0.05) is 31.4 Å². The molecule has 1 unspecified atom stereocenters. The molecule has 0 saturated carbocycles. The van der Waals surface area contributed by atoms with Gasteiger partial charge < -0.3 is 5.73 Å². The maximum atomic E-state index is 12.3. The molecule has 4 nitrogen and oxygen atoms in total. The van der Waals surface area contributed by atoms with Crippen molar-refractivity contribution >= 4 is 0 Å². The number of alkyl halides is 3. The Morgan fingerprint density at radius 2 is 2.31 bits per heavy atom. The maximum absolute atomic E-state index is 12.3. The summed E-state index contributed by atoms with van der Waals surface area (Å²) in [6.07, 6.45) is -3.49. The van der Waals surface area contributed by atoms with Crippen molar-refractivity contribution < 1.29 is 13.2 Å². The van der Waals surface area contributed by atoms with E-state index in [9.17, 15) is 13.2 Å². The number of likely N-dealkylation sites (tertiary alicyclic amines) is 1. The van der Waals surface area contributed by atoms with Gasteiger partial charge in [0.1, 0.15) is 0 Å². The standard InChI is InChI=1S/C9H13F3N4/c10-9(11,12)8-3-7(14-15-8)5-16-2-1-6(13)4-16/h3,6H,1-2,4-5,13H2,(H,14,15). The Morgan fingerprint density at radius 3 is 2.81 bits per heavy atom. The third-order valence-corrected chi connectivity index (χ3v) is 2.62. The first-order valence-corrected chi connectivity index (χ1v) is 5.04. The van der Waals surface area contributed by atoms with E-state index in [0.29, 0.717) is 12.2 Å². The Kier molecular flexibility index (Phi) is 2.90. The van der Waals surface area contributed by atoms with Crippen LogP contribution >= 0.6 is 0 Å². The molecule has 0 amide bonds. The third-order valence-electron chi connectivity index (χ3n) is 2.62. The van der Waals surface area contributed by atoms with Crippen LogP contribution in [0.1, 0.15) is 17.8 Å². The second kappa shape index (κ2) is 4.06. The predicted molar refractivity (Wildman–Crippen MR) is 51.5 cm³/mol. The van der Waals surface area contributed by atoms with E-state index in [-0.39, 0.29) is 6.04 Å². The Hall–Kier alpha value is -1.08. The number of nitrogens with one attached hydrogen (secondary N) is 1. The van der Waals surface area contributed by atoms with Crippen LogP contribution in [-0.2, 0) is 12.7 Å². The molecule has 0 spiro atoms. The van der Waals surface area contributed by atoms with Crippen LogP contribution in [0.4, 0.5) is 13.2 Å². The second-order valence-corrected chi connectivity index (χ2v) is 4.06. The van der Waals surface area contributed by atoms with Gasteiger partial charge in [-0.3, -0.25) is 10.00 Å². The molecule has 1 aromatic heterocycles. The monoisotopic (exact) mass is 234 g/mol. The van der Waals surface area contributed by atoms with Gasteiger partial charge in [0.2, 0.25) is 0 Å². The largest absolute Gasteiger partial charge is 0.435 e. The van der Waals surface area contributed by atoms with Gasteiger partial charge in [-0.1, -0.05) is 0 Å². The molecule has 2 rings (SSSR count). The lowest BCUT2D eigenvalue weighted by atomic mass is 10.3. The normalized spacial score (nSPS) is 22.9. The number of hydrogen-bond acceptors (Lipinski definition) is 3. The van der Waals surface area contributed by atoms with Crippen LogP contribution in [0.5, 0.6) is 0 Å². The van der Waals surface area contributed by atoms with Gasteiger partial charge in [0.25, 0.3) is 0 Å². The molecule has 7 heteroatoms. The quantitative estimate of drug-likeness (QED) is 0.801. The predicted octanol–water partition coefficient (Wildman–Crippen LogP) is 0.961. The Balaban J connectivity index is 1.98. The van der Waals surface area contributed by atoms with Gasteiger partial charge in [0.15, 0.2) is 5.69 Å². The van der Waals surface area contributed by atoms with Crippen LogP contribution in [0.15, 0.2) is 6.07 Å². The fraction of sp³-hybridized carbons (Fsp3) is 0.667. The molecule has 1 aliphatic rings. The second-order valence-electron chi connectivity index (χ2n) is 4.06. The zero-order chi connectivity index (χ0) is 11.8. The van der Waals surface area contributed by atoms with E-state index in [2.05, 4.69) is 10.2 Å². The van der Waals surface area contributed by atoms with Crippen molar-refractivity contribution in [3.05, 3.63) is 17.5 Å². The van der Waals surface area contributed by atoms with Crippen molar-refractivity contribution in [2.24, 2.45) is 5.73 Å². The lowest BCUT2D eigenvalue weighted by Gasteiger charge is -2.12. The van der Waals surface area contributed by atoms with Gasteiger partial charge >= 0.3 is 6.18 Å². The smallest absolute Gasteiger partial charge is 0.326 e. The molecular formula is C9H13F3N4. The number of nitrogens with zero attached hydrogens (tertiary/aromatic N) is 2. The summed E-state index contributed by atoms with van der Waals surface area (Å²) in [5.74, 6) is 0. The highest BCUT2D eigenvalue weighted by Gasteiger charge is 2.34. The van der Waals surface area contributed by atoms with Crippen LogP contribution in [0.2, 0.25) is 0 Å². The lowest BCUT2D eigenvalue weighted by molar-refractivity contribution is -0.141. The molecule has 1 atom stereocenters. The SMILES string of the molecule is NC1CCN(Cc2cc(C(F)(F)F)n[nH]2)C1. The lowest BCUT2D eigenvalue weighted by Crippen LogP contribution is -2.26. The van der Waals surface area contributed by atoms with Crippen molar-refractivity contribution in [2.45, 2.75) is 25.2 Å². The summed E-state index contributed by atoms with van der Waals surface area (Å²) >= 11 is 0. The average Bonchev–Trinajstić information content (AvgIpc) is 2.74. The Bertz CT molecular complexity index is 360. The molecule has 1 aliphatic heterocycles. The van der Waals surface area contributed by atoms with Crippen molar-refractivity contribution in [1.82, 2.24) is 15.1 Å². The van der Waals surface area contributed by atoms with Gasteiger partial charge in [-0.2, -0.15) is 18.3 Å². The van der Waals surface area contributed by atoms with Crippen LogP contribution < -0.4 is 5.73 Å². The Morgan fingerprint density at radius 1 is 1.56 bits per heavy atom. The highest BCUT2D eigenvalue weighted by molar-refractivity contribution is 5.11. The molecule has 3 N–H and O–H groups in total. The number of aromatic amines is 1. The van der Waals surface area contributed by atoms with Gasteiger partial charge in [-0.05, 0) is 12.5 Å². The molecular weight excluding hydrogens is 221 g/mol. The minimum Gasteiger partial charge on any atom is -0.326 e. The van der Waals surface area contributed by atoms with E-state index < -0.39 is 11.9 Å². The van der Waals surface area contributed by atoms with E-state index in [0.717, 1.165) is 25.6 Å². The maximum Gasteiger partial charge on any atom is 0.435 e. The minimum absolute atomic E-state index is 0.130. The van der Waals surface area contributed by atoms with E-state index in [1.54, 1.807) is 0 Å². The van der Waals surface area contributed by atoms with Crippen LogP contribution in [0, 0.1) is 0 Å². The average molecular weight is 234 g/mol. The summed E-state index contributed by atoms with van der Waals surface area (Å²) in [6.45, 7) is 1.98. The minimum atomic E-state index is -4.38. The number of aromatic nitrogens is 2. The zero-order valence-electron chi connectivity index (χ0n) is 8.59. The molecule has 90 valence electrons. The third kappa shape index (κ3) is 2.53. The number of halogens is 3. The first kappa shape index (κ1) is 11.4. The summed E-state index contributed by atoms with van der Waals surface area (Å²) in [6, 6.07) is 1.18. The number of rotatable bonds is 2. The molecule has 0 aliphatic carbocycles. The van der Waals surface area contributed by atoms with E-state index >= 15 is 0 Å². The zero-order valence-corrected chi connectivity index (χ0v) is 8.59. The van der Waals surface area contributed by atoms with Crippen molar-refractivity contribution in [3.63, 3.8) is 0 Å². The van der Waals surface area contributed by atoms with E-state index in [1.807, 2.05) is 4.90 Å². The first-order valence-electron chi connectivity index (χ1n) is 5.04. The van der Waals surface area contributed by atoms with Gasteiger partial charge in [-0.25, -0.2) is 0 Å². The summed E-state index contributed by atoms with van der Waals surface area (Å²) in [7, 11) is 0. The molecule has 0 aromatic carbocycles. The molecule has 0 radical (unpaired) electrons. The van der Waals surface area contributed by atoms with Crippen LogP contribution in [0.25, 0.3) is 0 Å². The fourth-order valence-electron chi connectivity index (χ4n) is 1.83. The van der Waals surface area contributed by atoms with Crippen molar-refractivity contribution in [3.8, 4) is 0 Å². The molecule has 2 heterocycles. The van der Waals surface area contributed by atoms with E-state index in [4.69, 9.17) is 5.73 Å². The topological polar surface area (TPSA) is 57.9 Å². The number of H-pyrrole nitrogens is 1. The molecule has 1 saturated heterocycles. The molecule has 16 heavy (non-hydrogen) atoms. The fourth-order valence-corrected chi connectivity index (χ4v) is 1.83. The Labute approximate surface area is 90.6 Å². The molecule has 1 aromatic rings. The summed E-state index contributed by atoms with van der Waals surface area (Å²) < 4.78 is 36.8. The van der Waals surface area contributed by atoms with Crippen LogP contribution in [-0.4, -0.2) is 34.2 Å². The summed E-state index contributed by atoms with van der Waals surface area (Å²) in [5, 5.41) is 5.64. The first-order chi connectivity index (χ1) is 7.45. The number of hydrogen-bond donors (Lipinski definition) is 2. The van der Waals surface area contributed by atoms with Gasteiger partial charge in [0.05, 0.1) is 0 Å². The van der Waals surface area contributed by atoms with Crippen molar-refractivity contribution in [2.75, 3.05) is 13.1 Å². The molecule has 0 bridgehead atoms. The van der Waals surface area contributed by atoms with Gasteiger partial charge in [-0.15, -0.1) is 0 Å². The summed E-state index contributed by atoms with van der Waals surface area (Å²) in [5.41, 5.74) is 5.31. The highest BCUT2D eigenvalue weighted by Crippen LogP contribution is 2.28. The van der Waals surface area contributed by atoms with Crippen molar-refractivity contribution in [1.29, 1.82) is 0 Å². The molecule has 1 fully saturated rings. The summed E-state index contributed by atoms with van der Waals surface area (Å²) in [4.78, 5) is 2.01. The van der Waals surface area contributed by atoms with Crippen LogP contribution in [0.3, 0.4) is 0 Å². The highest BCUT2D eigenvalue weighted by atomic mass is 19.4.